The molecule has 0 fully saturated rings. The minimum atomic E-state index is -1.54. The molecule has 1 aromatic carbocycles. The van der Waals surface area contributed by atoms with Crippen molar-refractivity contribution in [2.45, 2.75) is 26.2 Å². The zero-order valence-electron chi connectivity index (χ0n) is 8.59. The third kappa shape index (κ3) is 1.78. The van der Waals surface area contributed by atoms with Gasteiger partial charge in [0.15, 0.2) is 23.3 Å². The Hall–Kier alpha value is -1.26. The lowest BCUT2D eigenvalue weighted by molar-refractivity contribution is 0.408. The lowest BCUT2D eigenvalue weighted by atomic mass is 9.85. The topological polar surface area (TPSA) is 26.0 Å². The van der Waals surface area contributed by atoms with Crippen LogP contribution in [0.3, 0.4) is 0 Å². The maximum atomic E-state index is 13.3. The third-order valence-electron chi connectivity index (χ3n) is 2.05. The summed E-state index contributed by atoms with van der Waals surface area (Å²) in [6, 6.07) is 0. The van der Waals surface area contributed by atoms with Crippen molar-refractivity contribution in [1.82, 2.24) is 0 Å². The number of nitrogen functional groups attached to an aromatic ring is 1. The predicted octanol–water partition coefficient (Wildman–Crippen LogP) is 3.12. The average Bonchev–Trinajstić information content (AvgIpc) is 2.09. The van der Waals surface area contributed by atoms with Gasteiger partial charge in [-0.1, -0.05) is 20.8 Å². The normalized spacial score (nSPS) is 11.9. The van der Waals surface area contributed by atoms with Gasteiger partial charge in [0.2, 0.25) is 0 Å². The second-order valence-electron chi connectivity index (χ2n) is 4.29. The Bertz CT molecular complexity index is 378. The van der Waals surface area contributed by atoms with Crippen LogP contribution >= 0.6 is 0 Å². The van der Waals surface area contributed by atoms with Gasteiger partial charge >= 0.3 is 0 Å². The zero-order valence-corrected chi connectivity index (χ0v) is 8.59. The quantitative estimate of drug-likeness (QED) is 0.406. The van der Waals surface area contributed by atoms with E-state index in [1.165, 1.54) is 20.8 Å². The maximum absolute atomic E-state index is 13.3. The molecule has 0 saturated heterocycles. The van der Waals surface area contributed by atoms with Crippen molar-refractivity contribution in [1.29, 1.82) is 0 Å². The molecule has 0 heterocycles. The van der Waals surface area contributed by atoms with Gasteiger partial charge in [-0.3, -0.25) is 0 Å². The van der Waals surface area contributed by atoms with Gasteiger partial charge in [0, 0.05) is 5.56 Å². The van der Waals surface area contributed by atoms with Crippen LogP contribution in [0.4, 0.5) is 23.2 Å². The second-order valence-corrected chi connectivity index (χ2v) is 4.29. The molecule has 1 aromatic rings. The Labute approximate surface area is 84.9 Å². The van der Waals surface area contributed by atoms with Crippen molar-refractivity contribution in [2.24, 2.45) is 0 Å². The Morgan fingerprint density at radius 3 is 1.40 bits per heavy atom. The molecule has 0 aliphatic heterocycles. The van der Waals surface area contributed by atoms with Crippen LogP contribution in [0.1, 0.15) is 26.3 Å². The van der Waals surface area contributed by atoms with Crippen LogP contribution in [0.5, 0.6) is 0 Å². The second kappa shape index (κ2) is 3.40. The van der Waals surface area contributed by atoms with Crippen molar-refractivity contribution in [3.8, 4) is 0 Å². The minimum Gasteiger partial charge on any atom is -0.394 e. The first-order chi connectivity index (χ1) is 6.68. The fourth-order valence-electron chi connectivity index (χ4n) is 1.31. The van der Waals surface area contributed by atoms with Crippen LogP contribution in [0, 0.1) is 23.3 Å². The van der Waals surface area contributed by atoms with E-state index in [2.05, 4.69) is 0 Å². The highest BCUT2D eigenvalue weighted by Gasteiger charge is 2.30. The number of nitrogens with two attached hydrogens (primary N) is 1. The summed E-state index contributed by atoms with van der Waals surface area (Å²) in [7, 11) is 0. The predicted molar refractivity (Wildman–Crippen MR) is 49.4 cm³/mol. The fraction of sp³-hybridized carbons (Fsp3) is 0.400. The standard InChI is InChI=1S/C10H11F4N/c1-10(2,3)4-5(11)7(13)9(15)8(14)6(4)12/h15H2,1-3H3. The van der Waals surface area contributed by atoms with Gasteiger partial charge in [-0.25, -0.2) is 17.6 Å². The van der Waals surface area contributed by atoms with E-state index < -0.39 is 39.9 Å². The zero-order chi connectivity index (χ0) is 12.0. The van der Waals surface area contributed by atoms with Gasteiger partial charge in [0.25, 0.3) is 0 Å². The van der Waals surface area contributed by atoms with E-state index in [1.807, 2.05) is 0 Å². The summed E-state index contributed by atoms with van der Waals surface area (Å²) in [5, 5.41) is 0. The van der Waals surface area contributed by atoms with E-state index in [4.69, 9.17) is 5.73 Å². The summed E-state index contributed by atoms with van der Waals surface area (Å²) in [5.74, 6) is -5.95. The van der Waals surface area contributed by atoms with Crippen LogP contribution in [0.2, 0.25) is 0 Å². The third-order valence-corrected chi connectivity index (χ3v) is 2.05. The van der Waals surface area contributed by atoms with E-state index in [-0.39, 0.29) is 0 Å². The molecule has 0 saturated carbocycles. The molecule has 1 rings (SSSR count). The first kappa shape index (κ1) is 11.8. The van der Waals surface area contributed by atoms with Gasteiger partial charge in [0.1, 0.15) is 5.69 Å². The number of hydrogen-bond acceptors (Lipinski definition) is 1. The average molecular weight is 221 g/mol. The van der Waals surface area contributed by atoms with Gasteiger partial charge in [-0.2, -0.15) is 0 Å². The minimum absolute atomic E-state index is 0.633. The molecule has 2 N–H and O–H groups in total. The number of benzene rings is 1. The van der Waals surface area contributed by atoms with Gasteiger partial charge in [-0.05, 0) is 5.41 Å². The van der Waals surface area contributed by atoms with Crippen LogP contribution in [0.25, 0.3) is 0 Å². The van der Waals surface area contributed by atoms with Crippen molar-refractivity contribution in [2.75, 3.05) is 5.73 Å². The van der Waals surface area contributed by atoms with Gasteiger partial charge in [0.05, 0.1) is 0 Å². The molecule has 0 aromatic heterocycles. The van der Waals surface area contributed by atoms with E-state index >= 15 is 0 Å². The molecule has 0 radical (unpaired) electrons. The molecule has 15 heavy (non-hydrogen) atoms. The highest BCUT2D eigenvalue weighted by molar-refractivity contribution is 5.46. The van der Waals surface area contributed by atoms with E-state index in [0.29, 0.717) is 0 Å². The maximum Gasteiger partial charge on any atom is 0.185 e. The van der Waals surface area contributed by atoms with Crippen molar-refractivity contribution in [3.63, 3.8) is 0 Å². The molecule has 5 heteroatoms. The van der Waals surface area contributed by atoms with Crippen molar-refractivity contribution < 1.29 is 17.6 Å². The van der Waals surface area contributed by atoms with Crippen molar-refractivity contribution >= 4 is 5.69 Å². The number of anilines is 1. The van der Waals surface area contributed by atoms with Gasteiger partial charge in [-0.15, -0.1) is 0 Å². The first-order valence-corrected chi connectivity index (χ1v) is 4.29. The van der Waals surface area contributed by atoms with E-state index in [0.717, 1.165) is 0 Å². The van der Waals surface area contributed by atoms with Crippen molar-refractivity contribution in [3.05, 3.63) is 28.8 Å². The van der Waals surface area contributed by atoms with E-state index in [9.17, 15) is 17.6 Å². The smallest absolute Gasteiger partial charge is 0.185 e. The molecule has 0 aliphatic rings. The Kier molecular flexibility index (Phi) is 2.67. The van der Waals surface area contributed by atoms with Gasteiger partial charge < -0.3 is 5.73 Å². The highest BCUT2D eigenvalue weighted by Crippen LogP contribution is 2.33. The molecule has 84 valence electrons. The Morgan fingerprint density at radius 2 is 1.13 bits per heavy atom. The molecule has 1 nitrogen and oxygen atoms in total. The molecule has 0 unspecified atom stereocenters. The summed E-state index contributed by atoms with van der Waals surface area (Å²) in [5.41, 5.74) is 2.07. The van der Waals surface area contributed by atoms with Crippen LogP contribution in [-0.4, -0.2) is 0 Å². The SMILES string of the molecule is CC(C)(C)c1c(F)c(F)c(N)c(F)c1F. The van der Waals surface area contributed by atoms with Crippen LogP contribution in [0.15, 0.2) is 0 Å². The number of halogens is 4. The molecule has 0 spiro atoms. The summed E-state index contributed by atoms with van der Waals surface area (Å²) in [4.78, 5) is 0. The van der Waals surface area contributed by atoms with Crippen LogP contribution in [-0.2, 0) is 5.41 Å². The summed E-state index contributed by atoms with van der Waals surface area (Å²) in [6.45, 7) is 4.34. The summed E-state index contributed by atoms with van der Waals surface area (Å²) in [6.07, 6.45) is 0. The molecule has 0 aliphatic carbocycles. The van der Waals surface area contributed by atoms with Crippen LogP contribution < -0.4 is 5.73 Å². The summed E-state index contributed by atoms with van der Waals surface area (Å²) >= 11 is 0. The number of rotatable bonds is 0. The van der Waals surface area contributed by atoms with E-state index in [1.54, 1.807) is 0 Å². The lowest BCUT2D eigenvalue weighted by Crippen LogP contribution is -2.20. The highest BCUT2D eigenvalue weighted by atomic mass is 19.2. The largest absolute Gasteiger partial charge is 0.394 e. The lowest BCUT2D eigenvalue weighted by Gasteiger charge is -2.21. The molecular weight excluding hydrogens is 210 g/mol. The monoisotopic (exact) mass is 221 g/mol. The molecule has 0 amide bonds. The first-order valence-electron chi connectivity index (χ1n) is 4.29. The molecule has 0 atom stereocenters. The fourth-order valence-corrected chi connectivity index (χ4v) is 1.31. The summed E-state index contributed by atoms with van der Waals surface area (Å²) < 4.78 is 52.8. The molecule has 0 bridgehead atoms. The Morgan fingerprint density at radius 1 is 0.800 bits per heavy atom. The Balaban J connectivity index is 3.68. The molecular formula is C10H11F4N. The number of hydrogen-bond donors (Lipinski definition) is 1.